The number of hydrogen-bond acceptors (Lipinski definition) is 2. The normalized spacial score (nSPS) is 32.2. The van der Waals surface area contributed by atoms with Crippen molar-refractivity contribution >= 4 is 0 Å². The van der Waals surface area contributed by atoms with Gasteiger partial charge in [-0.1, -0.05) is 6.92 Å². The maximum Gasteiger partial charge on any atom is 0.0542 e. The van der Waals surface area contributed by atoms with E-state index in [-0.39, 0.29) is 5.54 Å². The highest BCUT2D eigenvalue weighted by Crippen LogP contribution is 2.42. The summed E-state index contributed by atoms with van der Waals surface area (Å²) in [6.07, 6.45) is 4.94. The Kier molecular flexibility index (Phi) is 1.52. The highest BCUT2D eigenvalue weighted by molar-refractivity contribution is 4.99. The van der Waals surface area contributed by atoms with Crippen molar-refractivity contribution in [3.05, 3.63) is 0 Å². The molecule has 0 spiro atoms. The molecular formula is C9H17NO. The summed E-state index contributed by atoms with van der Waals surface area (Å²) in [5.74, 6) is 0. The van der Waals surface area contributed by atoms with Crippen molar-refractivity contribution in [2.75, 3.05) is 13.2 Å². The third kappa shape index (κ3) is 1.30. The summed E-state index contributed by atoms with van der Waals surface area (Å²) in [7, 11) is 0. The van der Waals surface area contributed by atoms with Gasteiger partial charge >= 0.3 is 0 Å². The van der Waals surface area contributed by atoms with Crippen LogP contribution in [0.25, 0.3) is 0 Å². The molecule has 0 aromatic rings. The zero-order valence-electron chi connectivity index (χ0n) is 7.23. The summed E-state index contributed by atoms with van der Waals surface area (Å²) in [4.78, 5) is 0. The maximum atomic E-state index is 6.14. The van der Waals surface area contributed by atoms with Gasteiger partial charge in [0.25, 0.3) is 0 Å². The summed E-state index contributed by atoms with van der Waals surface area (Å²) in [6, 6.07) is 0. The van der Waals surface area contributed by atoms with Gasteiger partial charge in [-0.15, -0.1) is 0 Å². The minimum atomic E-state index is 0.179. The molecule has 1 heterocycles. The molecule has 1 aliphatic heterocycles. The first-order chi connectivity index (χ1) is 5.12. The molecule has 0 unspecified atom stereocenters. The molecule has 11 heavy (non-hydrogen) atoms. The third-order valence-corrected chi connectivity index (χ3v) is 3.03. The minimum absolute atomic E-state index is 0.179. The zero-order valence-corrected chi connectivity index (χ0v) is 7.23. The molecule has 1 aliphatic carbocycles. The molecule has 0 amide bonds. The molecule has 0 aromatic carbocycles. The number of hydrogen-bond donors (Lipinski definition) is 1. The van der Waals surface area contributed by atoms with Crippen molar-refractivity contribution in [3.63, 3.8) is 0 Å². The van der Waals surface area contributed by atoms with Crippen LogP contribution in [0.4, 0.5) is 0 Å². The van der Waals surface area contributed by atoms with Crippen LogP contribution in [0.2, 0.25) is 0 Å². The Hall–Kier alpha value is -0.0800. The molecule has 0 aromatic heterocycles. The average Bonchev–Trinajstić information content (AvgIpc) is 1.81. The first kappa shape index (κ1) is 7.56. The first-order valence-corrected chi connectivity index (χ1v) is 4.49. The Balaban J connectivity index is 1.88. The van der Waals surface area contributed by atoms with Gasteiger partial charge in [-0.2, -0.15) is 0 Å². The topological polar surface area (TPSA) is 35.2 Å². The molecule has 2 rings (SSSR count). The van der Waals surface area contributed by atoms with Gasteiger partial charge in [0, 0.05) is 11.0 Å². The van der Waals surface area contributed by atoms with Crippen LogP contribution in [0.3, 0.4) is 0 Å². The lowest BCUT2D eigenvalue weighted by atomic mass is 9.66. The monoisotopic (exact) mass is 155 g/mol. The number of ether oxygens (including phenoxy) is 1. The van der Waals surface area contributed by atoms with Crippen LogP contribution < -0.4 is 5.73 Å². The summed E-state index contributed by atoms with van der Waals surface area (Å²) >= 11 is 0. The maximum absolute atomic E-state index is 6.14. The van der Waals surface area contributed by atoms with Gasteiger partial charge in [-0.05, 0) is 25.7 Å². The van der Waals surface area contributed by atoms with Crippen LogP contribution in [-0.4, -0.2) is 18.8 Å². The van der Waals surface area contributed by atoms with Crippen LogP contribution in [0, 0.1) is 5.41 Å². The lowest BCUT2D eigenvalue weighted by molar-refractivity contribution is -0.120. The fraction of sp³-hybridized carbons (Fsp3) is 1.00. The van der Waals surface area contributed by atoms with Crippen molar-refractivity contribution in [1.82, 2.24) is 0 Å². The van der Waals surface area contributed by atoms with E-state index in [4.69, 9.17) is 10.5 Å². The van der Waals surface area contributed by atoms with E-state index in [0.29, 0.717) is 5.41 Å². The molecule has 64 valence electrons. The predicted molar refractivity (Wildman–Crippen MR) is 44.3 cm³/mol. The predicted octanol–water partition coefficient (Wildman–Crippen LogP) is 1.29. The minimum Gasteiger partial charge on any atom is -0.380 e. The number of nitrogens with two attached hydrogens (primary N) is 1. The molecule has 0 radical (unpaired) electrons. The Morgan fingerprint density at radius 3 is 2.27 bits per heavy atom. The van der Waals surface area contributed by atoms with Crippen molar-refractivity contribution in [2.45, 2.75) is 38.1 Å². The van der Waals surface area contributed by atoms with E-state index >= 15 is 0 Å². The molecular weight excluding hydrogens is 138 g/mol. The molecule has 2 fully saturated rings. The fourth-order valence-corrected chi connectivity index (χ4v) is 2.21. The van der Waals surface area contributed by atoms with Crippen LogP contribution in [0.1, 0.15) is 32.6 Å². The highest BCUT2D eigenvalue weighted by atomic mass is 16.5. The van der Waals surface area contributed by atoms with Gasteiger partial charge in [0.05, 0.1) is 13.2 Å². The molecule has 2 nitrogen and oxygen atoms in total. The van der Waals surface area contributed by atoms with Gasteiger partial charge < -0.3 is 10.5 Å². The second-order valence-electron chi connectivity index (χ2n) is 4.70. The van der Waals surface area contributed by atoms with Crippen LogP contribution in [-0.2, 0) is 4.74 Å². The summed E-state index contributed by atoms with van der Waals surface area (Å²) < 4.78 is 5.20. The molecule has 0 atom stereocenters. The first-order valence-electron chi connectivity index (χ1n) is 4.49. The number of rotatable bonds is 2. The molecule has 0 bridgehead atoms. The molecule has 2 aliphatic rings. The van der Waals surface area contributed by atoms with Gasteiger partial charge in [-0.25, -0.2) is 0 Å². The lowest BCUT2D eigenvalue weighted by Crippen LogP contribution is -2.54. The van der Waals surface area contributed by atoms with E-state index in [1.54, 1.807) is 0 Å². The van der Waals surface area contributed by atoms with E-state index in [9.17, 15) is 0 Å². The van der Waals surface area contributed by atoms with Gasteiger partial charge in [-0.3, -0.25) is 0 Å². The Labute approximate surface area is 68.1 Å². The molecule has 1 saturated heterocycles. The van der Waals surface area contributed by atoms with Crippen molar-refractivity contribution < 1.29 is 4.74 Å². The summed E-state index contributed by atoms with van der Waals surface area (Å²) in [5, 5.41) is 0. The van der Waals surface area contributed by atoms with Crippen molar-refractivity contribution in [3.8, 4) is 0 Å². The Bertz CT molecular complexity index is 141. The SMILES string of the molecule is CC1(CC2(N)CCC2)COC1. The smallest absolute Gasteiger partial charge is 0.0542 e. The third-order valence-electron chi connectivity index (χ3n) is 3.03. The molecule has 2 N–H and O–H groups in total. The van der Waals surface area contributed by atoms with Gasteiger partial charge in [0.1, 0.15) is 0 Å². The molecule has 1 saturated carbocycles. The molecule has 2 heteroatoms. The van der Waals surface area contributed by atoms with Crippen molar-refractivity contribution in [2.24, 2.45) is 11.1 Å². The van der Waals surface area contributed by atoms with Crippen LogP contribution in [0.5, 0.6) is 0 Å². The van der Waals surface area contributed by atoms with Crippen molar-refractivity contribution in [1.29, 1.82) is 0 Å². The van der Waals surface area contributed by atoms with Crippen LogP contribution >= 0.6 is 0 Å². The summed E-state index contributed by atoms with van der Waals surface area (Å²) in [5.41, 5.74) is 6.73. The largest absolute Gasteiger partial charge is 0.380 e. The van der Waals surface area contributed by atoms with Crippen LogP contribution in [0.15, 0.2) is 0 Å². The lowest BCUT2D eigenvalue weighted by Gasteiger charge is -2.48. The standard InChI is InChI=1S/C9H17NO/c1-8(6-11-7-8)5-9(10)3-2-4-9/h2-7,10H2,1H3. The van der Waals surface area contributed by atoms with Gasteiger partial charge in [0.15, 0.2) is 0 Å². The fourth-order valence-electron chi connectivity index (χ4n) is 2.21. The average molecular weight is 155 g/mol. The van der Waals surface area contributed by atoms with E-state index in [0.717, 1.165) is 13.2 Å². The second kappa shape index (κ2) is 2.20. The van der Waals surface area contributed by atoms with E-state index in [1.807, 2.05) is 0 Å². The quantitative estimate of drug-likeness (QED) is 0.652. The Morgan fingerprint density at radius 2 is 2.00 bits per heavy atom. The summed E-state index contributed by atoms with van der Waals surface area (Å²) in [6.45, 7) is 4.13. The van der Waals surface area contributed by atoms with E-state index in [2.05, 4.69) is 6.92 Å². The second-order valence-corrected chi connectivity index (χ2v) is 4.70. The zero-order chi connectivity index (χ0) is 7.95. The highest BCUT2D eigenvalue weighted by Gasteiger charge is 2.43. The van der Waals surface area contributed by atoms with Gasteiger partial charge in [0.2, 0.25) is 0 Å². The Morgan fingerprint density at radius 1 is 1.36 bits per heavy atom. The van der Waals surface area contributed by atoms with E-state index in [1.165, 1.54) is 25.7 Å². The van der Waals surface area contributed by atoms with E-state index < -0.39 is 0 Å².